The van der Waals surface area contributed by atoms with E-state index in [1.165, 1.54) is 44.4 Å². The highest BCUT2D eigenvalue weighted by Gasteiger charge is 2.28. The topological polar surface area (TPSA) is 92.5 Å². The van der Waals surface area contributed by atoms with E-state index >= 15 is 0 Å². The summed E-state index contributed by atoms with van der Waals surface area (Å²) in [6, 6.07) is 4.80. The molecule has 7 nitrogen and oxygen atoms in total. The van der Waals surface area contributed by atoms with Crippen LogP contribution in [0.4, 0.5) is 0 Å². The van der Waals surface area contributed by atoms with Crippen molar-refractivity contribution < 1.29 is 17.6 Å². The third kappa shape index (κ3) is 4.52. The van der Waals surface area contributed by atoms with E-state index in [4.69, 9.17) is 4.42 Å². The number of amides is 1. The summed E-state index contributed by atoms with van der Waals surface area (Å²) in [6.07, 6.45) is 3.39. The van der Waals surface area contributed by atoms with E-state index in [0.29, 0.717) is 28.2 Å². The van der Waals surface area contributed by atoms with Crippen LogP contribution in [0.15, 0.2) is 32.7 Å². The van der Waals surface area contributed by atoms with Gasteiger partial charge < -0.3 is 9.73 Å². The van der Waals surface area contributed by atoms with Crippen molar-refractivity contribution in [2.75, 3.05) is 19.8 Å². The Morgan fingerprint density at radius 1 is 1.32 bits per heavy atom. The quantitative estimate of drug-likeness (QED) is 0.715. The number of aromatic nitrogens is 1. The van der Waals surface area contributed by atoms with Gasteiger partial charge >= 0.3 is 0 Å². The number of carbonyl (C=O) groups excluding carboxylic acids is 1. The molecule has 0 radical (unpaired) electrons. The van der Waals surface area contributed by atoms with Crippen molar-refractivity contribution in [3.05, 3.63) is 18.2 Å². The zero-order chi connectivity index (χ0) is 20.5. The van der Waals surface area contributed by atoms with Crippen LogP contribution in [-0.4, -0.2) is 49.5 Å². The first-order chi connectivity index (χ1) is 13.2. The van der Waals surface area contributed by atoms with E-state index in [-0.39, 0.29) is 22.6 Å². The third-order valence-corrected chi connectivity index (χ3v) is 8.14. The largest absolute Gasteiger partial charge is 0.431 e. The fourth-order valence-corrected chi connectivity index (χ4v) is 5.05. The molecule has 1 amide bonds. The maximum absolute atomic E-state index is 12.3. The van der Waals surface area contributed by atoms with Crippen molar-refractivity contribution in [2.45, 2.75) is 49.3 Å². The van der Waals surface area contributed by atoms with Crippen molar-refractivity contribution >= 4 is 38.8 Å². The van der Waals surface area contributed by atoms with Gasteiger partial charge in [-0.15, -0.1) is 0 Å². The van der Waals surface area contributed by atoms with Crippen molar-refractivity contribution in [2.24, 2.45) is 11.8 Å². The number of thioether (sulfide) groups is 1. The Morgan fingerprint density at radius 2 is 2.07 bits per heavy atom. The molecule has 154 valence electrons. The van der Waals surface area contributed by atoms with E-state index < -0.39 is 10.0 Å². The maximum Gasteiger partial charge on any atom is 0.257 e. The average molecular weight is 426 g/mol. The Bertz CT molecular complexity index is 955. The molecule has 2 aromatic rings. The summed E-state index contributed by atoms with van der Waals surface area (Å²) in [7, 11) is -0.566. The van der Waals surface area contributed by atoms with Gasteiger partial charge in [-0.3, -0.25) is 4.79 Å². The number of carbonyl (C=O) groups is 1. The third-order valence-electron chi connectivity index (χ3n) is 5.50. The van der Waals surface area contributed by atoms with Crippen LogP contribution < -0.4 is 5.32 Å². The molecule has 1 aromatic carbocycles. The second-order valence-electron chi connectivity index (χ2n) is 7.63. The summed E-state index contributed by atoms with van der Waals surface area (Å²) in [5.74, 6) is 1.28. The molecule has 28 heavy (non-hydrogen) atoms. The Labute approximate surface area is 170 Å². The minimum absolute atomic E-state index is 0.0333. The first-order valence-electron chi connectivity index (χ1n) is 9.43. The summed E-state index contributed by atoms with van der Waals surface area (Å²) in [4.78, 5) is 16.8. The lowest BCUT2D eigenvalue weighted by Gasteiger charge is -2.34. The predicted molar refractivity (Wildman–Crippen MR) is 110 cm³/mol. The lowest BCUT2D eigenvalue weighted by Crippen LogP contribution is -2.44. The molecule has 1 N–H and O–H groups in total. The number of benzene rings is 1. The number of nitrogens with one attached hydrogen (secondary N) is 1. The Morgan fingerprint density at radius 3 is 2.79 bits per heavy atom. The number of hydrogen-bond donors (Lipinski definition) is 1. The molecule has 1 fully saturated rings. The van der Waals surface area contributed by atoms with Crippen LogP contribution in [-0.2, 0) is 14.8 Å². The zero-order valence-electron chi connectivity index (χ0n) is 16.6. The highest BCUT2D eigenvalue weighted by Crippen LogP contribution is 2.30. The molecule has 0 spiro atoms. The number of fused-ring (bicyclic) bond motifs is 1. The van der Waals surface area contributed by atoms with Crippen LogP contribution in [0, 0.1) is 11.8 Å². The molecule has 1 aliphatic rings. The maximum atomic E-state index is 12.3. The second-order valence-corrected chi connectivity index (χ2v) is 10.7. The normalized spacial score (nSPS) is 23.2. The summed E-state index contributed by atoms with van der Waals surface area (Å²) in [5, 5.41) is 3.49. The van der Waals surface area contributed by atoms with Crippen LogP contribution in [0.5, 0.6) is 0 Å². The minimum atomic E-state index is -3.53. The summed E-state index contributed by atoms with van der Waals surface area (Å²) in [5.41, 5.74) is 0.955. The number of sulfonamides is 1. The van der Waals surface area contributed by atoms with Crippen LogP contribution in [0.3, 0.4) is 0 Å². The van der Waals surface area contributed by atoms with E-state index in [1.54, 1.807) is 6.07 Å². The molecule has 1 heterocycles. The molecule has 0 saturated heterocycles. The highest BCUT2D eigenvalue weighted by molar-refractivity contribution is 7.99. The first kappa shape index (κ1) is 21.1. The molecule has 1 saturated carbocycles. The lowest BCUT2D eigenvalue weighted by atomic mass is 9.78. The summed E-state index contributed by atoms with van der Waals surface area (Å²) < 4.78 is 31.3. The van der Waals surface area contributed by atoms with Gasteiger partial charge in [-0.25, -0.2) is 17.7 Å². The molecule has 3 rings (SSSR count). The summed E-state index contributed by atoms with van der Waals surface area (Å²) in [6.45, 7) is 4.43. The van der Waals surface area contributed by atoms with Gasteiger partial charge in [0.25, 0.3) is 5.22 Å². The molecule has 1 aromatic heterocycles. The number of oxazole rings is 1. The molecule has 1 aliphatic carbocycles. The van der Waals surface area contributed by atoms with E-state index in [0.717, 1.165) is 17.1 Å². The van der Waals surface area contributed by atoms with Gasteiger partial charge in [-0.05, 0) is 36.5 Å². The van der Waals surface area contributed by atoms with E-state index in [2.05, 4.69) is 24.1 Å². The second kappa shape index (κ2) is 8.42. The molecular formula is C19H27N3O4S2. The van der Waals surface area contributed by atoms with Crippen LogP contribution in [0.25, 0.3) is 11.1 Å². The molecule has 0 aliphatic heterocycles. The van der Waals surface area contributed by atoms with Gasteiger partial charge in [0.05, 0.1) is 10.6 Å². The monoisotopic (exact) mass is 425 g/mol. The summed E-state index contributed by atoms with van der Waals surface area (Å²) >= 11 is 1.21. The van der Waals surface area contributed by atoms with Crippen molar-refractivity contribution in [3.8, 4) is 0 Å². The van der Waals surface area contributed by atoms with Crippen LogP contribution >= 0.6 is 11.8 Å². The average Bonchev–Trinajstić information content (AvgIpc) is 3.06. The molecule has 9 heteroatoms. The van der Waals surface area contributed by atoms with E-state index in [1.807, 2.05) is 0 Å². The fourth-order valence-electron chi connectivity index (χ4n) is 3.48. The Balaban J connectivity index is 1.64. The number of hydrogen-bond acceptors (Lipinski definition) is 6. The van der Waals surface area contributed by atoms with Gasteiger partial charge in [0.2, 0.25) is 15.9 Å². The molecular weight excluding hydrogens is 398 g/mol. The van der Waals surface area contributed by atoms with Crippen molar-refractivity contribution in [1.82, 2.24) is 14.6 Å². The van der Waals surface area contributed by atoms with Crippen LogP contribution in [0.1, 0.15) is 33.1 Å². The Hall–Kier alpha value is -1.58. The van der Waals surface area contributed by atoms with Gasteiger partial charge in [0.15, 0.2) is 5.58 Å². The number of rotatable bonds is 6. The van der Waals surface area contributed by atoms with Crippen molar-refractivity contribution in [1.29, 1.82) is 0 Å². The van der Waals surface area contributed by atoms with Crippen LogP contribution in [0.2, 0.25) is 0 Å². The first-order valence-corrected chi connectivity index (χ1v) is 11.9. The highest BCUT2D eigenvalue weighted by atomic mass is 32.2. The van der Waals surface area contributed by atoms with Gasteiger partial charge in [0, 0.05) is 20.1 Å². The van der Waals surface area contributed by atoms with Gasteiger partial charge in [-0.1, -0.05) is 38.5 Å². The predicted octanol–water partition coefficient (Wildman–Crippen LogP) is 3.11. The standard InChI is InChI=1S/C19H27N3O4S2/c1-12-6-5-7-15(13(12)2)20-18(23)11-27-19-21-16-10-14(8-9-17(16)26-19)28(24,25)22(3)4/h8-10,12-13,15H,5-7,11H2,1-4H3,(H,20,23)/t12-,13+,15+/m0/s1. The SMILES string of the molecule is C[C@@H]1[C@@H](C)CCC[C@H]1NC(=O)CSc1nc2cc(S(=O)(=O)N(C)C)ccc2o1. The molecule has 0 bridgehead atoms. The fraction of sp³-hybridized carbons (Fsp3) is 0.579. The number of nitrogens with zero attached hydrogens (tertiary/aromatic N) is 2. The zero-order valence-corrected chi connectivity index (χ0v) is 18.3. The van der Waals surface area contributed by atoms with E-state index in [9.17, 15) is 13.2 Å². The van der Waals surface area contributed by atoms with Gasteiger partial charge in [-0.2, -0.15) is 0 Å². The smallest absolute Gasteiger partial charge is 0.257 e. The molecule has 3 atom stereocenters. The Kier molecular flexibility index (Phi) is 6.36. The van der Waals surface area contributed by atoms with Crippen molar-refractivity contribution in [3.63, 3.8) is 0 Å². The van der Waals surface area contributed by atoms with Gasteiger partial charge in [0.1, 0.15) is 5.52 Å². The lowest BCUT2D eigenvalue weighted by molar-refractivity contribution is -0.120. The molecule has 0 unspecified atom stereocenters. The minimum Gasteiger partial charge on any atom is -0.431 e.